The van der Waals surface area contributed by atoms with Crippen LogP contribution < -0.4 is 4.74 Å². The van der Waals surface area contributed by atoms with Crippen LogP contribution in [0.15, 0.2) is 24.3 Å². The number of rotatable bonds is 3. The van der Waals surface area contributed by atoms with E-state index in [2.05, 4.69) is 21.1 Å². The molecule has 18 heavy (non-hydrogen) atoms. The van der Waals surface area contributed by atoms with Crippen LogP contribution in [0.1, 0.15) is 26.3 Å². The number of ether oxygens (including phenoxy) is 1. The first-order valence-electron chi connectivity index (χ1n) is 6.20. The van der Waals surface area contributed by atoms with Crippen LogP contribution in [0.25, 0.3) is 0 Å². The van der Waals surface area contributed by atoms with Gasteiger partial charge in [-0.15, -0.1) is 0 Å². The molecule has 1 aromatic carbocycles. The number of nitrogens with zero attached hydrogens (tertiary/aromatic N) is 1. The largest absolute Gasteiger partial charge is 0.426 e. The second-order valence-corrected chi connectivity index (χ2v) is 6.73. The Morgan fingerprint density at radius 2 is 1.61 bits per heavy atom. The van der Waals surface area contributed by atoms with Gasteiger partial charge in [0.05, 0.1) is 26.6 Å². The van der Waals surface area contributed by atoms with E-state index in [4.69, 9.17) is 4.74 Å². The molecule has 0 radical (unpaired) electrons. The summed E-state index contributed by atoms with van der Waals surface area (Å²) in [6, 6.07) is 7.73. The summed E-state index contributed by atoms with van der Waals surface area (Å²) in [5.74, 6) is 0.405. The molecule has 3 nitrogen and oxygen atoms in total. The Kier molecular flexibility index (Phi) is 4.17. The number of carbonyl (C=O) groups excluding carboxylic acids is 1. The van der Waals surface area contributed by atoms with Crippen LogP contribution in [0.5, 0.6) is 5.75 Å². The van der Waals surface area contributed by atoms with Crippen LogP contribution in [-0.2, 0) is 11.3 Å². The molecule has 0 spiro atoms. The standard InChI is InChI=1S/C15H24NO2/c1-15(2,3)14(17)18-13-9-7-12(8-10-13)11-16(4,5)6/h7-10H,11H2,1-6H3/q+1. The highest BCUT2D eigenvalue weighted by Crippen LogP contribution is 2.20. The van der Waals surface area contributed by atoms with Crippen LogP contribution in [-0.4, -0.2) is 31.6 Å². The van der Waals surface area contributed by atoms with Gasteiger partial charge in [-0.25, -0.2) is 0 Å². The summed E-state index contributed by atoms with van der Waals surface area (Å²) >= 11 is 0. The smallest absolute Gasteiger partial charge is 0.316 e. The Morgan fingerprint density at radius 3 is 2.00 bits per heavy atom. The molecule has 0 saturated carbocycles. The van der Waals surface area contributed by atoms with Gasteiger partial charge in [0.1, 0.15) is 12.3 Å². The van der Waals surface area contributed by atoms with Crippen molar-refractivity contribution in [3.8, 4) is 5.75 Å². The Labute approximate surface area is 110 Å². The number of carbonyl (C=O) groups is 1. The van der Waals surface area contributed by atoms with Gasteiger partial charge in [0.25, 0.3) is 0 Å². The monoisotopic (exact) mass is 250 g/mol. The van der Waals surface area contributed by atoms with Crippen molar-refractivity contribution in [3.63, 3.8) is 0 Å². The fraction of sp³-hybridized carbons (Fsp3) is 0.533. The molecule has 0 aliphatic carbocycles. The van der Waals surface area contributed by atoms with Crippen molar-refractivity contribution < 1.29 is 14.0 Å². The van der Waals surface area contributed by atoms with Gasteiger partial charge in [0, 0.05) is 5.56 Å². The molecule has 0 unspecified atom stereocenters. The lowest BCUT2D eigenvalue weighted by atomic mass is 9.97. The molecule has 1 rings (SSSR count). The lowest BCUT2D eigenvalue weighted by Crippen LogP contribution is -2.33. The zero-order valence-electron chi connectivity index (χ0n) is 12.3. The molecule has 0 atom stereocenters. The maximum Gasteiger partial charge on any atom is 0.316 e. The van der Waals surface area contributed by atoms with Crippen LogP contribution >= 0.6 is 0 Å². The highest BCUT2D eigenvalue weighted by molar-refractivity contribution is 5.77. The summed E-state index contributed by atoms with van der Waals surface area (Å²) in [5.41, 5.74) is 0.763. The van der Waals surface area contributed by atoms with E-state index in [1.165, 1.54) is 5.56 Å². The maximum atomic E-state index is 11.7. The van der Waals surface area contributed by atoms with Crippen LogP contribution in [0.3, 0.4) is 0 Å². The molecule has 1 aromatic rings. The fourth-order valence-corrected chi connectivity index (χ4v) is 1.47. The highest BCUT2D eigenvalue weighted by atomic mass is 16.5. The molecule has 0 aliphatic heterocycles. The van der Waals surface area contributed by atoms with Crippen molar-refractivity contribution in [3.05, 3.63) is 29.8 Å². The zero-order chi connectivity index (χ0) is 14.0. The van der Waals surface area contributed by atoms with E-state index in [9.17, 15) is 4.79 Å². The minimum Gasteiger partial charge on any atom is -0.426 e. The van der Waals surface area contributed by atoms with Gasteiger partial charge in [0.2, 0.25) is 0 Å². The van der Waals surface area contributed by atoms with Crippen molar-refractivity contribution in [2.45, 2.75) is 27.3 Å². The fourth-order valence-electron chi connectivity index (χ4n) is 1.47. The first-order chi connectivity index (χ1) is 8.08. The average molecular weight is 250 g/mol. The minimum atomic E-state index is -0.471. The van der Waals surface area contributed by atoms with Crippen molar-refractivity contribution in [1.29, 1.82) is 0 Å². The first kappa shape index (κ1) is 14.7. The minimum absolute atomic E-state index is 0.207. The predicted molar refractivity (Wildman–Crippen MR) is 73.3 cm³/mol. The Balaban J connectivity index is 2.70. The number of hydrogen-bond donors (Lipinski definition) is 0. The second kappa shape index (κ2) is 5.11. The van der Waals surface area contributed by atoms with Gasteiger partial charge < -0.3 is 9.22 Å². The Bertz CT molecular complexity index is 408. The summed E-state index contributed by atoms with van der Waals surface area (Å²) in [6.07, 6.45) is 0. The van der Waals surface area contributed by atoms with Gasteiger partial charge in [-0.3, -0.25) is 4.79 Å². The van der Waals surface area contributed by atoms with Gasteiger partial charge in [-0.1, -0.05) is 0 Å². The van der Waals surface area contributed by atoms with Gasteiger partial charge in [-0.05, 0) is 45.0 Å². The lowest BCUT2D eigenvalue weighted by molar-refractivity contribution is -0.884. The molecule has 0 fully saturated rings. The lowest BCUT2D eigenvalue weighted by Gasteiger charge is -2.24. The molecule has 3 heteroatoms. The third-order valence-electron chi connectivity index (χ3n) is 2.40. The topological polar surface area (TPSA) is 26.3 Å². The Hall–Kier alpha value is -1.35. The molecule has 0 heterocycles. The van der Waals surface area contributed by atoms with E-state index >= 15 is 0 Å². The SMILES string of the molecule is CC(C)(C)C(=O)Oc1ccc(C[N+](C)(C)C)cc1. The highest BCUT2D eigenvalue weighted by Gasteiger charge is 2.23. The summed E-state index contributed by atoms with van der Waals surface area (Å²) in [5, 5.41) is 0. The molecule has 0 amide bonds. The van der Waals surface area contributed by atoms with Gasteiger partial charge in [-0.2, -0.15) is 0 Å². The average Bonchev–Trinajstić information content (AvgIpc) is 2.17. The Morgan fingerprint density at radius 1 is 1.11 bits per heavy atom. The van der Waals surface area contributed by atoms with Crippen molar-refractivity contribution >= 4 is 5.97 Å². The molecule has 0 saturated heterocycles. The van der Waals surface area contributed by atoms with E-state index in [0.29, 0.717) is 5.75 Å². The third kappa shape index (κ3) is 4.88. The molecule has 0 N–H and O–H groups in total. The molecule has 100 valence electrons. The van der Waals surface area contributed by atoms with Gasteiger partial charge >= 0.3 is 5.97 Å². The molecular formula is C15H24NO2+. The van der Waals surface area contributed by atoms with E-state index in [1.807, 2.05) is 45.0 Å². The molecule has 0 aliphatic rings. The van der Waals surface area contributed by atoms with E-state index < -0.39 is 5.41 Å². The number of benzene rings is 1. The van der Waals surface area contributed by atoms with Crippen molar-refractivity contribution in [2.75, 3.05) is 21.1 Å². The molecule has 0 bridgehead atoms. The third-order valence-corrected chi connectivity index (χ3v) is 2.40. The number of hydrogen-bond acceptors (Lipinski definition) is 2. The quantitative estimate of drug-likeness (QED) is 0.468. The normalized spacial score (nSPS) is 12.3. The van der Waals surface area contributed by atoms with Crippen molar-refractivity contribution in [1.82, 2.24) is 0 Å². The molecule has 0 aromatic heterocycles. The van der Waals surface area contributed by atoms with Crippen LogP contribution in [0, 0.1) is 5.41 Å². The second-order valence-electron chi connectivity index (χ2n) is 6.73. The summed E-state index contributed by atoms with van der Waals surface area (Å²) < 4.78 is 6.20. The van der Waals surface area contributed by atoms with Gasteiger partial charge in [0.15, 0.2) is 0 Å². The van der Waals surface area contributed by atoms with E-state index in [0.717, 1.165) is 11.0 Å². The van der Waals surface area contributed by atoms with Crippen LogP contribution in [0.4, 0.5) is 0 Å². The maximum absolute atomic E-state index is 11.7. The number of quaternary nitrogens is 1. The van der Waals surface area contributed by atoms with Crippen LogP contribution in [0.2, 0.25) is 0 Å². The summed E-state index contributed by atoms with van der Waals surface area (Å²) in [6.45, 7) is 6.50. The summed E-state index contributed by atoms with van der Waals surface area (Å²) in [4.78, 5) is 11.7. The van der Waals surface area contributed by atoms with E-state index in [1.54, 1.807) is 0 Å². The zero-order valence-corrected chi connectivity index (χ0v) is 12.3. The predicted octanol–water partition coefficient (Wildman–Crippen LogP) is 2.84. The number of esters is 1. The van der Waals surface area contributed by atoms with Crippen molar-refractivity contribution in [2.24, 2.45) is 5.41 Å². The first-order valence-corrected chi connectivity index (χ1v) is 6.20. The summed E-state index contributed by atoms with van der Waals surface area (Å²) in [7, 11) is 6.44. The molecular weight excluding hydrogens is 226 g/mol. The van der Waals surface area contributed by atoms with E-state index in [-0.39, 0.29) is 5.97 Å².